The van der Waals surface area contributed by atoms with Crippen LogP contribution in [0.15, 0.2) is 28.2 Å². The highest BCUT2D eigenvalue weighted by Gasteiger charge is 2.15. The Morgan fingerprint density at radius 1 is 1.35 bits per heavy atom. The van der Waals surface area contributed by atoms with Gasteiger partial charge in [-0.05, 0) is 13.0 Å². The maximum absolute atomic E-state index is 12.1. The predicted octanol–water partition coefficient (Wildman–Crippen LogP) is 1.30. The van der Waals surface area contributed by atoms with Crippen LogP contribution in [0.2, 0.25) is 0 Å². The lowest BCUT2D eigenvalue weighted by atomic mass is 10.2. The summed E-state index contributed by atoms with van der Waals surface area (Å²) in [7, 11) is 0. The van der Waals surface area contributed by atoms with E-state index < -0.39 is 5.91 Å². The van der Waals surface area contributed by atoms with E-state index in [-0.39, 0.29) is 29.7 Å². The van der Waals surface area contributed by atoms with Gasteiger partial charge in [0.05, 0.1) is 23.9 Å². The summed E-state index contributed by atoms with van der Waals surface area (Å²) in [4.78, 5) is 39.3. The number of amides is 3. The van der Waals surface area contributed by atoms with Crippen molar-refractivity contribution in [2.75, 3.05) is 10.6 Å². The fraction of sp³-hybridized carbons (Fsp3) is 0.133. The van der Waals surface area contributed by atoms with Gasteiger partial charge in [0.1, 0.15) is 11.5 Å². The van der Waals surface area contributed by atoms with Gasteiger partial charge in [0, 0.05) is 11.4 Å². The molecule has 10 nitrogen and oxygen atoms in total. The average molecular weight is 374 g/mol. The molecule has 5 N–H and O–H groups in total. The largest absolute Gasteiger partial charge is 0.469 e. The number of nitrogens with zero attached hydrogens (tertiary/aromatic N) is 2. The van der Waals surface area contributed by atoms with E-state index in [2.05, 4.69) is 25.8 Å². The monoisotopic (exact) mass is 374 g/mol. The normalized spacial score (nSPS) is 10.5. The van der Waals surface area contributed by atoms with E-state index in [1.165, 1.54) is 23.7 Å². The molecule has 0 radical (unpaired) electrons. The Morgan fingerprint density at radius 3 is 2.81 bits per heavy atom. The molecule has 0 aliphatic rings. The van der Waals surface area contributed by atoms with Gasteiger partial charge in [-0.2, -0.15) is 5.10 Å². The van der Waals surface area contributed by atoms with Crippen LogP contribution in [0, 0.1) is 6.92 Å². The minimum Gasteiger partial charge on any atom is -0.469 e. The third-order valence-electron chi connectivity index (χ3n) is 3.33. The Hall–Kier alpha value is -3.47. The van der Waals surface area contributed by atoms with Gasteiger partial charge in [0.15, 0.2) is 10.9 Å². The molecule has 0 saturated carbocycles. The lowest BCUT2D eigenvalue weighted by Gasteiger charge is -2.00. The lowest BCUT2D eigenvalue weighted by molar-refractivity contribution is -0.115. The molecular formula is C15H14N6O4S. The number of H-pyrrole nitrogens is 1. The number of hydrogen-bond acceptors (Lipinski definition) is 7. The zero-order valence-corrected chi connectivity index (χ0v) is 14.3. The minimum atomic E-state index is -0.675. The van der Waals surface area contributed by atoms with Gasteiger partial charge in [-0.3, -0.25) is 24.8 Å². The summed E-state index contributed by atoms with van der Waals surface area (Å²) in [6.45, 7) is 1.69. The van der Waals surface area contributed by atoms with Crippen molar-refractivity contribution in [3.63, 3.8) is 0 Å². The quantitative estimate of drug-likeness (QED) is 0.509. The number of aromatic nitrogens is 3. The van der Waals surface area contributed by atoms with E-state index in [0.717, 1.165) is 0 Å². The molecule has 3 amide bonds. The number of primary amides is 1. The second-order valence-electron chi connectivity index (χ2n) is 5.24. The Bertz CT molecular complexity index is 972. The number of aryl methyl sites for hydroxylation is 1. The SMILES string of the molecule is Cc1occc1C(=O)Nc1nc(CC(=O)Nc2cc(C(N)=O)[nH]n2)cs1. The van der Waals surface area contributed by atoms with Crippen LogP contribution in [0.4, 0.5) is 10.9 Å². The first-order valence-corrected chi connectivity index (χ1v) is 8.25. The number of furan rings is 1. The highest BCUT2D eigenvalue weighted by Crippen LogP contribution is 2.18. The second kappa shape index (κ2) is 7.19. The first kappa shape index (κ1) is 17.4. The Kier molecular flexibility index (Phi) is 4.80. The van der Waals surface area contributed by atoms with Gasteiger partial charge in [0.2, 0.25) is 5.91 Å². The van der Waals surface area contributed by atoms with E-state index in [9.17, 15) is 14.4 Å². The maximum Gasteiger partial charge on any atom is 0.266 e. The Balaban J connectivity index is 1.57. The minimum absolute atomic E-state index is 0.0180. The molecule has 0 unspecified atom stereocenters. The standard InChI is InChI=1S/C15H14N6O4S/c1-7-9(2-3-25-7)14(24)19-15-17-8(6-26-15)4-12(22)18-11-5-10(13(16)23)20-21-11/h2-3,5-6H,4H2,1H3,(H2,16,23)(H,17,19,24)(H2,18,20,21,22). The van der Waals surface area contributed by atoms with Crippen LogP contribution in [0.1, 0.15) is 32.3 Å². The topological polar surface area (TPSA) is 156 Å². The smallest absolute Gasteiger partial charge is 0.266 e. The van der Waals surface area contributed by atoms with Crippen molar-refractivity contribution >= 4 is 40.0 Å². The van der Waals surface area contributed by atoms with Crippen LogP contribution < -0.4 is 16.4 Å². The van der Waals surface area contributed by atoms with Crippen molar-refractivity contribution in [2.24, 2.45) is 5.73 Å². The summed E-state index contributed by atoms with van der Waals surface area (Å²) in [5.74, 6) is -0.694. The summed E-state index contributed by atoms with van der Waals surface area (Å²) >= 11 is 1.20. The number of rotatable bonds is 6. The third kappa shape index (κ3) is 3.95. The van der Waals surface area contributed by atoms with Crippen LogP contribution in [0.3, 0.4) is 0 Å². The van der Waals surface area contributed by atoms with Crippen LogP contribution >= 0.6 is 11.3 Å². The zero-order valence-electron chi connectivity index (χ0n) is 13.5. The zero-order chi connectivity index (χ0) is 18.7. The molecule has 134 valence electrons. The van der Waals surface area contributed by atoms with Crippen molar-refractivity contribution in [1.82, 2.24) is 15.2 Å². The van der Waals surface area contributed by atoms with Crippen LogP contribution in [-0.2, 0) is 11.2 Å². The molecule has 0 atom stereocenters. The number of carbonyl (C=O) groups is 3. The van der Waals surface area contributed by atoms with Gasteiger partial charge in [-0.1, -0.05) is 0 Å². The number of thiazole rings is 1. The van der Waals surface area contributed by atoms with Crippen molar-refractivity contribution in [3.8, 4) is 0 Å². The van der Waals surface area contributed by atoms with Crippen LogP contribution in [0.5, 0.6) is 0 Å². The Labute approximate surface area is 150 Å². The van der Waals surface area contributed by atoms with Gasteiger partial charge in [-0.15, -0.1) is 11.3 Å². The molecule has 3 rings (SSSR count). The molecule has 0 aromatic carbocycles. The van der Waals surface area contributed by atoms with E-state index in [1.807, 2.05) is 0 Å². The second-order valence-corrected chi connectivity index (χ2v) is 6.10. The van der Waals surface area contributed by atoms with Crippen LogP contribution in [0.25, 0.3) is 0 Å². The predicted molar refractivity (Wildman–Crippen MR) is 93.0 cm³/mol. The van der Waals surface area contributed by atoms with Gasteiger partial charge in [-0.25, -0.2) is 4.98 Å². The molecular weight excluding hydrogens is 360 g/mol. The van der Waals surface area contributed by atoms with Crippen molar-refractivity contribution in [1.29, 1.82) is 0 Å². The molecule has 3 heterocycles. The first-order chi connectivity index (χ1) is 12.4. The van der Waals surface area contributed by atoms with E-state index >= 15 is 0 Å². The summed E-state index contributed by atoms with van der Waals surface area (Å²) in [6, 6.07) is 2.90. The number of nitrogens with one attached hydrogen (secondary N) is 3. The van der Waals surface area contributed by atoms with Gasteiger partial charge >= 0.3 is 0 Å². The van der Waals surface area contributed by atoms with Crippen molar-refractivity contribution in [2.45, 2.75) is 13.3 Å². The van der Waals surface area contributed by atoms with E-state index in [0.29, 0.717) is 22.1 Å². The molecule has 0 saturated heterocycles. The molecule has 0 aliphatic heterocycles. The molecule has 26 heavy (non-hydrogen) atoms. The number of nitrogens with two attached hydrogens (primary N) is 1. The fourth-order valence-electron chi connectivity index (χ4n) is 2.09. The highest BCUT2D eigenvalue weighted by atomic mass is 32.1. The van der Waals surface area contributed by atoms with Crippen LogP contribution in [-0.4, -0.2) is 32.9 Å². The maximum atomic E-state index is 12.1. The summed E-state index contributed by atoms with van der Waals surface area (Å²) < 4.78 is 5.09. The lowest BCUT2D eigenvalue weighted by Crippen LogP contribution is -2.15. The molecule has 0 bridgehead atoms. The Morgan fingerprint density at radius 2 is 2.15 bits per heavy atom. The van der Waals surface area contributed by atoms with Crippen molar-refractivity contribution < 1.29 is 18.8 Å². The first-order valence-electron chi connectivity index (χ1n) is 7.37. The third-order valence-corrected chi connectivity index (χ3v) is 4.13. The highest BCUT2D eigenvalue weighted by molar-refractivity contribution is 7.14. The molecule has 3 aromatic rings. The summed E-state index contributed by atoms with van der Waals surface area (Å²) in [5, 5.41) is 13.4. The summed E-state index contributed by atoms with van der Waals surface area (Å²) in [6.07, 6.45) is 1.41. The number of aromatic amines is 1. The molecule has 0 spiro atoms. The van der Waals surface area contributed by atoms with Gasteiger partial charge < -0.3 is 15.5 Å². The number of hydrogen-bond donors (Lipinski definition) is 4. The average Bonchev–Trinajstić information content (AvgIpc) is 3.29. The molecule has 11 heteroatoms. The molecule has 0 fully saturated rings. The number of anilines is 2. The molecule has 0 aliphatic carbocycles. The van der Waals surface area contributed by atoms with E-state index in [1.54, 1.807) is 18.4 Å². The van der Waals surface area contributed by atoms with Gasteiger partial charge in [0.25, 0.3) is 11.8 Å². The fourth-order valence-corrected chi connectivity index (χ4v) is 2.80. The van der Waals surface area contributed by atoms with Crippen molar-refractivity contribution in [3.05, 3.63) is 46.5 Å². The summed E-state index contributed by atoms with van der Waals surface area (Å²) in [5.41, 5.74) is 6.09. The number of carbonyl (C=O) groups excluding carboxylic acids is 3. The molecule has 3 aromatic heterocycles. The van der Waals surface area contributed by atoms with E-state index in [4.69, 9.17) is 10.2 Å².